The second-order valence-electron chi connectivity index (χ2n) is 5.76. The minimum Gasteiger partial charge on any atom is -0.395 e. The first kappa shape index (κ1) is 15.7. The summed E-state index contributed by atoms with van der Waals surface area (Å²) in [6.07, 6.45) is 0. The topological polar surface area (TPSA) is 47.3 Å². The Morgan fingerprint density at radius 2 is 1.84 bits per heavy atom. The molecule has 3 nitrogen and oxygen atoms in total. The standard InChI is InChI=1S/C16H24N2O/c1-5-18(10-11-19)15(12-17)13-6-8-14(9-7-13)16(2,3)4/h6-9,15,19H,5,10-11H2,1-4H3. The second kappa shape index (κ2) is 6.70. The largest absolute Gasteiger partial charge is 0.395 e. The molecule has 0 aliphatic carbocycles. The van der Waals surface area contributed by atoms with E-state index >= 15 is 0 Å². The van der Waals surface area contributed by atoms with Gasteiger partial charge in [0.15, 0.2) is 0 Å². The monoisotopic (exact) mass is 260 g/mol. The molecule has 1 rings (SSSR count). The minimum atomic E-state index is -0.286. The van der Waals surface area contributed by atoms with E-state index in [2.05, 4.69) is 39.0 Å². The molecule has 104 valence electrons. The van der Waals surface area contributed by atoms with Crippen LogP contribution in [0.2, 0.25) is 0 Å². The highest BCUT2D eigenvalue weighted by atomic mass is 16.3. The molecule has 0 aromatic heterocycles. The van der Waals surface area contributed by atoms with Gasteiger partial charge in [0.25, 0.3) is 0 Å². The predicted molar refractivity (Wildman–Crippen MR) is 77.8 cm³/mol. The molecular weight excluding hydrogens is 236 g/mol. The van der Waals surface area contributed by atoms with Crippen LogP contribution in [0, 0.1) is 11.3 Å². The van der Waals surface area contributed by atoms with E-state index in [1.165, 1.54) is 5.56 Å². The summed E-state index contributed by atoms with van der Waals surface area (Å²) < 4.78 is 0. The lowest BCUT2D eigenvalue weighted by molar-refractivity contribution is 0.180. The van der Waals surface area contributed by atoms with Crippen LogP contribution in [0.4, 0.5) is 0 Å². The summed E-state index contributed by atoms with van der Waals surface area (Å²) in [5.74, 6) is 0. The van der Waals surface area contributed by atoms with Crippen LogP contribution in [0.3, 0.4) is 0 Å². The quantitative estimate of drug-likeness (QED) is 0.885. The van der Waals surface area contributed by atoms with Crippen LogP contribution in [-0.2, 0) is 5.41 Å². The summed E-state index contributed by atoms with van der Waals surface area (Å²) in [5.41, 5.74) is 2.37. The Morgan fingerprint density at radius 1 is 1.26 bits per heavy atom. The molecule has 0 radical (unpaired) electrons. The third-order valence-corrected chi connectivity index (χ3v) is 3.37. The number of likely N-dealkylation sites (N-methyl/N-ethyl adjacent to an activating group) is 1. The maximum absolute atomic E-state index is 9.36. The number of rotatable bonds is 5. The summed E-state index contributed by atoms with van der Waals surface area (Å²) in [7, 11) is 0. The third-order valence-electron chi connectivity index (χ3n) is 3.37. The number of nitrogens with zero attached hydrogens (tertiary/aromatic N) is 2. The Labute approximate surface area is 116 Å². The molecule has 0 saturated heterocycles. The summed E-state index contributed by atoms with van der Waals surface area (Å²) in [6, 6.07) is 10.3. The molecule has 19 heavy (non-hydrogen) atoms. The fourth-order valence-electron chi connectivity index (χ4n) is 2.13. The molecule has 1 unspecified atom stereocenters. The first-order valence-corrected chi connectivity index (χ1v) is 6.79. The van der Waals surface area contributed by atoms with Gasteiger partial charge in [-0.05, 0) is 23.1 Å². The summed E-state index contributed by atoms with van der Waals surface area (Å²) in [4.78, 5) is 1.98. The van der Waals surface area contributed by atoms with E-state index in [0.717, 1.165) is 12.1 Å². The lowest BCUT2D eigenvalue weighted by Crippen LogP contribution is -2.30. The number of hydrogen-bond donors (Lipinski definition) is 1. The van der Waals surface area contributed by atoms with Gasteiger partial charge in [-0.2, -0.15) is 5.26 Å². The van der Waals surface area contributed by atoms with Gasteiger partial charge in [-0.1, -0.05) is 52.0 Å². The maximum atomic E-state index is 9.36. The van der Waals surface area contributed by atoms with E-state index in [-0.39, 0.29) is 18.1 Å². The molecule has 0 heterocycles. The van der Waals surface area contributed by atoms with Gasteiger partial charge in [-0.3, -0.25) is 4.90 Å². The van der Waals surface area contributed by atoms with Crippen molar-refractivity contribution in [2.45, 2.75) is 39.2 Å². The van der Waals surface area contributed by atoms with Crippen molar-refractivity contribution in [3.63, 3.8) is 0 Å². The van der Waals surface area contributed by atoms with Gasteiger partial charge >= 0.3 is 0 Å². The lowest BCUT2D eigenvalue weighted by Gasteiger charge is -2.26. The van der Waals surface area contributed by atoms with Crippen molar-refractivity contribution in [2.75, 3.05) is 19.7 Å². The Kier molecular flexibility index (Phi) is 5.53. The van der Waals surface area contributed by atoms with Crippen molar-refractivity contribution in [3.8, 4) is 6.07 Å². The van der Waals surface area contributed by atoms with Gasteiger partial charge in [0.2, 0.25) is 0 Å². The first-order chi connectivity index (χ1) is 8.93. The smallest absolute Gasteiger partial charge is 0.123 e. The highest BCUT2D eigenvalue weighted by Gasteiger charge is 2.19. The van der Waals surface area contributed by atoms with Crippen LogP contribution in [0.15, 0.2) is 24.3 Å². The number of aliphatic hydroxyl groups is 1. The number of benzene rings is 1. The van der Waals surface area contributed by atoms with Crippen LogP contribution in [0.5, 0.6) is 0 Å². The third kappa shape index (κ3) is 4.05. The highest BCUT2D eigenvalue weighted by Crippen LogP contribution is 2.25. The normalized spacial score (nSPS) is 13.3. The molecule has 1 atom stereocenters. The average Bonchev–Trinajstić information content (AvgIpc) is 2.38. The average molecular weight is 260 g/mol. The Balaban J connectivity index is 2.97. The van der Waals surface area contributed by atoms with E-state index in [1.54, 1.807) is 0 Å². The number of hydrogen-bond acceptors (Lipinski definition) is 3. The summed E-state index contributed by atoms with van der Waals surface area (Å²) in [6.45, 7) is 9.88. The second-order valence-corrected chi connectivity index (χ2v) is 5.76. The zero-order valence-electron chi connectivity index (χ0n) is 12.3. The Bertz CT molecular complexity index is 426. The molecule has 0 spiro atoms. The van der Waals surface area contributed by atoms with Gasteiger partial charge in [0.1, 0.15) is 6.04 Å². The fourth-order valence-corrected chi connectivity index (χ4v) is 2.13. The molecule has 3 heteroatoms. The van der Waals surface area contributed by atoms with Gasteiger partial charge in [-0.15, -0.1) is 0 Å². The SMILES string of the molecule is CCN(CCO)C(C#N)c1ccc(C(C)(C)C)cc1. The molecule has 0 aliphatic rings. The van der Waals surface area contributed by atoms with Crippen LogP contribution in [-0.4, -0.2) is 29.7 Å². The van der Waals surface area contributed by atoms with E-state index < -0.39 is 0 Å². The Morgan fingerprint density at radius 3 is 2.21 bits per heavy atom. The molecule has 1 aromatic carbocycles. The van der Waals surface area contributed by atoms with Crippen molar-refractivity contribution in [1.82, 2.24) is 4.90 Å². The van der Waals surface area contributed by atoms with Crippen molar-refractivity contribution >= 4 is 0 Å². The van der Waals surface area contributed by atoms with Gasteiger partial charge in [0, 0.05) is 6.54 Å². The number of nitriles is 1. The molecule has 0 fully saturated rings. The lowest BCUT2D eigenvalue weighted by atomic mass is 9.86. The van der Waals surface area contributed by atoms with E-state index in [0.29, 0.717) is 6.54 Å². The summed E-state index contributed by atoms with van der Waals surface area (Å²) >= 11 is 0. The first-order valence-electron chi connectivity index (χ1n) is 6.79. The van der Waals surface area contributed by atoms with Gasteiger partial charge in [0.05, 0.1) is 12.7 Å². The number of aliphatic hydroxyl groups excluding tert-OH is 1. The van der Waals surface area contributed by atoms with Crippen LogP contribution >= 0.6 is 0 Å². The zero-order chi connectivity index (χ0) is 14.5. The minimum absolute atomic E-state index is 0.0755. The van der Waals surface area contributed by atoms with Gasteiger partial charge in [-0.25, -0.2) is 0 Å². The van der Waals surface area contributed by atoms with Gasteiger partial charge < -0.3 is 5.11 Å². The summed E-state index contributed by atoms with van der Waals surface area (Å²) in [5, 5.41) is 18.4. The molecule has 0 bridgehead atoms. The van der Waals surface area contributed by atoms with E-state index in [1.807, 2.05) is 24.0 Å². The zero-order valence-corrected chi connectivity index (χ0v) is 12.3. The van der Waals surface area contributed by atoms with Crippen LogP contribution in [0.1, 0.15) is 44.9 Å². The Hall–Kier alpha value is -1.37. The maximum Gasteiger partial charge on any atom is 0.123 e. The molecular formula is C16H24N2O. The van der Waals surface area contributed by atoms with Crippen molar-refractivity contribution in [2.24, 2.45) is 0 Å². The molecule has 0 amide bonds. The molecule has 1 N–H and O–H groups in total. The van der Waals surface area contributed by atoms with Crippen molar-refractivity contribution in [1.29, 1.82) is 5.26 Å². The fraction of sp³-hybridized carbons (Fsp3) is 0.562. The molecule has 0 aliphatic heterocycles. The highest BCUT2D eigenvalue weighted by molar-refractivity contribution is 5.31. The molecule has 0 saturated carbocycles. The predicted octanol–water partition coefficient (Wildman–Crippen LogP) is 2.86. The van der Waals surface area contributed by atoms with Crippen molar-refractivity contribution in [3.05, 3.63) is 35.4 Å². The molecule has 1 aromatic rings. The van der Waals surface area contributed by atoms with E-state index in [4.69, 9.17) is 5.11 Å². The van der Waals surface area contributed by atoms with Crippen molar-refractivity contribution < 1.29 is 5.11 Å². The van der Waals surface area contributed by atoms with Crippen LogP contribution in [0.25, 0.3) is 0 Å². The van der Waals surface area contributed by atoms with E-state index in [9.17, 15) is 5.26 Å². The van der Waals surface area contributed by atoms with Crippen LogP contribution < -0.4 is 0 Å².